The van der Waals surface area contributed by atoms with E-state index in [0.29, 0.717) is 12.8 Å². The van der Waals surface area contributed by atoms with Gasteiger partial charge in [-0.05, 0) is 12.8 Å². The molecule has 0 saturated carbocycles. The lowest BCUT2D eigenvalue weighted by atomic mass is 10.1. The highest BCUT2D eigenvalue weighted by Gasteiger charge is 2.25. The molecule has 0 aromatic carbocycles. The van der Waals surface area contributed by atoms with Crippen molar-refractivity contribution < 1.29 is 33.3 Å². The monoisotopic (exact) mass is 300 g/mol. The smallest absolute Gasteiger partial charge is 0.333 e. The van der Waals surface area contributed by atoms with E-state index in [1.54, 1.807) is 6.92 Å². The van der Waals surface area contributed by atoms with Crippen LogP contribution < -0.4 is 0 Å². The van der Waals surface area contributed by atoms with Crippen LogP contribution in [0.2, 0.25) is 0 Å². The molecule has 0 spiro atoms. The van der Waals surface area contributed by atoms with E-state index in [9.17, 15) is 14.4 Å². The summed E-state index contributed by atoms with van der Waals surface area (Å²) in [7, 11) is 1.21. The molecule has 0 aliphatic carbocycles. The molecule has 1 heterocycles. The maximum atomic E-state index is 11.5. The molecule has 0 aromatic heterocycles. The largest absolute Gasteiger partial charge is 0.466 e. The van der Waals surface area contributed by atoms with Crippen LogP contribution in [0.1, 0.15) is 32.6 Å². The van der Waals surface area contributed by atoms with E-state index < -0.39 is 18.2 Å². The molecule has 1 aliphatic heterocycles. The minimum atomic E-state index is -0.695. The molecule has 0 radical (unpaired) electrons. The Kier molecular flexibility index (Phi) is 7.45. The fraction of sp³-hybridized carbons (Fsp3) is 0.643. The summed E-state index contributed by atoms with van der Waals surface area (Å²) < 4.78 is 19.9. The van der Waals surface area contributed by atoms with Crippen molar-refractivity contribution in [1.82, 2.24) is 0 Å². The first kappa shape index (κ1) is 17.2. The van der Waals surface area contributed by atoms with Gasteiger partial charge in [-0.1, -0.05) is 6.92 Å². The highest BCUT2D eigenvalue weighted by molar-refractivity contribution is 5.91. The van der Waals surface area contributed by atoms with E-state index in [4.69, 9.17) is 14.2 Å². The normalized spacial score (nSPS) is 21.8. The minimum Gasteiger partial charge on any atom is -0.466 e. The quantitative estimate of drug-likeness (QED) is 0.412. The first-order chi connectivity index (χ1) is 10.0. The molecule has 1 fully saturated rings. The van der Waals surface area contributed by atoms with Gasteiger partial charge in [-0.3, -0.25) is 4.79 Å². The van der Waals surface area contributed by atoms with E-state index in [1.165, 1.54) is 7.11 Å². The molecule has 0 aromatic rings. The molecule has 0 bridgehead atoms. The van der Waals surface area contributed by atoms with Crippen molar-refractivity contribution in [3.8, 4) is 0 Å². The number of carbonyl (C=O) groups excluding carboxylic acids is 3. The zero-order valence-corrected chi connectivity index (χ0v) is 12.2. The van der Waals surface area contributed by atoms with Gasteiger partial charge < -0.3 is 18.9 Å². The Labute approximate surface area is 123 Å². The highest BCUT2D eigenvalue weighted by Crippen LogP contribution is 2.20. The fourth-order valence-electron chi connectivity index (χ4n) is 1.73. The zero-order valence-electron chi connectivity index (χ0n) is 12.2. The second-order valence-corrected chi connectivity index (χ2v) is 4.45. The van der Waals surface area contributed by atoms with Crippen LogP contribution >= 0.6 is 0 Å². The number of hydrogen-bond acceptors (Lipinski definition) is 7. The van der Waals surface area contributed by atoms with Crippen LogP contribution in [0.4, 0.5) is 0 Å². The van der Waals surface area contributed by atoms with E-state index in [2.05, 4.69) is 4.74 Å². The third kappa shape index (κ3) is 6.89. The summed E-state index contributed by atoms with van der Waals surface area (Å²) in [5.41, 5.74) is 0. The number of esters is 3. The van der Waals surface area contributed by atoms with Crippen molar-refractivity contribution >= 4 is 17.9 Å². The van der Waals surface area contributed by atoms with Gasteiger partial charge in [-0.25, -0.2) is 9.59 Å². The summed E-state index contributed by atoms with van der Waals surface area (Å²) in [4.78, 5) is 33.4. The number of carbonyl (C=O) groups is 3. The Hall–Kier alpha value is -1.89. The summed E-state index contributed by atoms with van der Waals surface area (Å²) in [6, 6.07) is 0. The van der Waals surface area contributed by atoms with Gasteiger partial charge in [0.25, 0.3) is 0 Å². The van der Waals surface area contributed by atoms with E-state index in [1.807, 2.05) is 0 Å². The molecule has 0 N–H and O–H groups in total. The molecule has 118 valence electrons. The maximum absolute atomic E-state index is 11.5. The first-order valence-corrected chi connectivity index (χ1v) is 6.82. The minimum absolute atomic E-state index is 0.152. The van der Waals surface area contributed by atoms with E-state index in [-0.39, 0.29) is 18.7 Å². The van der Waals surface area contributed by atoms with Crippen LogP contribution in [-0.2, 0) is 33.3 Å². The standard InChI is InChI=1S/C14H20O7/c1-3-11(15)19-9-10-5-4-6-14(20-10)21-13(17)8-7-12(16)18-2/h7-8,10,14H,3-6,9H2,1-2H3/b8-7+. The van der Waals surface area contributed by atoms with E-state index >= 15 is 0 Å². The maximum Gasteiger partial charge on any atom is 0.333 e. The first-order valence-electron chi connectivity index (χ1n) is 6.82. The molecule has 1 aliphatic rings. The van der Waals surface area contributed by atoms with Gasteiger partial charge in [0.2, 0.25) is 6.29 Å². The Morgan fingerprint density at radius 1 is 1.19 bits per heavy atom. The molecule has 21 heavy (non-hydrogen) atoms. The van der Waals surface area contributed by atoms with Crippen molar-refractivity contribution in [1.29, 1.82) is 0 Å². The molecule has 7 heteroatoms. The van der Waals surface area contributed by atoms with Crippen molar-refractivity contribution in [2.45, 2.75) is 45.0 Å². The summed E-state index contributed by atoms with van der Waals surface area (Å²) >= 11 is 0. The summed E-state index contributed by atoms with van der Waals surface area (Å²) in [6.45, 7) is 1.86. The van der Waals surface area contributed by atoms with Gasteiger partial charge >= 0.3 is 17.9 Å². The third-order valence-electron chi connectivity index (χ3n) is 2.83. The van der Waals surface area contributed by atoms with Crippen LogP contribution in [0.5, 0.6) is 0 Å². The summed E-state index contributed by atoms with van der Waals surface area (Å²) in [5, 5.41) is 0. The second-order valence-electron chi connectivity index (χ2n) is 4.45. The molecule has 2 unspecified atom stereocenters. The predicted octanol–water partition coefficient (Wildman–Crippen LogP) is 1.11. The fourth-order valence-corrected chi connectivity index (χ4v) is 1.73. The SMILES string of the molecule is CCC(=O)OCC1CCCC(OC(=O)/C=C/C(=O)OC)O1. The van der Waals surface area contributed by atoms with Crippen molar-refractivity contribution in [2.24, 2.45) is 0 Å². The average Bonchev–Trinajstić information content (AvgIpc) is 2.50. The van der Waals surface area contributed by atoms with Crippen LogP contribution in [-0.4, -0.2) is 44.0 Å². The number of rotatable bonds is 6. The van der Waals surface area contributed by atoms with Gasteiger partial charge in [0.15, 0.2) is 0 Å². The van der Waals surface area contributed by atoms with Gasteiger partial charge in [-0.2, -0.15) is 0 Å². The molecular formula is C14H20O7. The Bertz CT molecular complexity index is 402. The van der Waals surface area contributed by atoms with Crippen LogP contribution in [0.25, 0.3) is 0 Å². The van der Waals surface area contributed by atoms with Gasteiger partial charge in [0.05, 0.1) is 13.2 Å². The Balaban J connectivity index is 2.35. The van der Waals surface area contributed by atoms with Gasteiger partial charge in [0, 0.05) is 25.0 Å². The summed E-state index contributed by atoms with van der Waals surface area (Å²) in [5.74, 6) is -1.61. The van der Waals surface area contributed by atoms with Gasteiger partial charge in [-0.15, -0.1) is 0 Å². The van der Waals surface area contributed by atoms with Crippen LogP contribution in [0.15, 0.2) is 12.2 Å². The molecule has 1 saturated heterocycles. The van der Waals surface area contributed by atoms with Gasteiger partial charge in [0.1, 0.15) is 6.61 Å². The molecule has 2 atom stereocenters. The summed E-state index contributed by atoms with van der Waals surface area (Å²) in [6.07, 6.45) is 3.40. The topological polar surface area (TPSA) is 88.1 Å². The predicted molar refractivity (Wildman–Crippen MR) is 71.0 cm³/mol. The molecule has 0 amide bonds. The van der Waals surface area contributed by atoms with E-state index in [0.717, 1.165) is 25.0 Å². The highest BCUT2D eigenvalue weighted by atomic mass is 16.7. The lowest BCUT2D eigenvalue weighted by Gasteiger charge is -2.28. The third-order valence-corrected chi connectivity index (χ3v) is 2.83. The Morgan fingerprint density at radius 2 is 1.90 bits per heavy atom. The second kappa shape index (κ2) is 9.12. The number of hydrogen-bond donors (Lipinski definition) is 0. The zero-order chi connectivity index (χ0) is 15.7. The lowest BCUT2D eigenvalue weighted by Crippen LogP contribution is -2.34. The number of ether oxygens (including phenoxy) is 4. The number of methoxy groups -OCH3 is 1. The lowest BCUT2D eigenvalue weighted by molar-refractivity contribution is -0.206. The van der Waals surface area contributed by atoms with Crippen LogP contribution in [0, 0.1) is 0 Å². The molecular weight excluding hydrogens is 280 g/mol. The van der Waals surface area contributed by atoms with Crippen molar-refractivity contribution in [3.05, 3.63) is 12.2 Å². The van der Waals surface area contributed by atoms with Crippen molar-refractivity contribution in [2.75, 3.05) is 13.7 Å². The van der Waals surface area contributed by atoms with Crippen LogP contribution in [0.3, 0.4) is 0 Å². The average molecular weight is 300 g/mol. The molecule has 1 rings (SSSR count). The Morgan fingerprint density at radius 3 is 2.57 bits per heavy atom. The molecule has 7 nitrogen and oxygen atoms in total. The van der Waals surface area contributed by atoms with Crippen molar-refractivity contribution in [3.63, 3.8) is 0 Å².